The van der Waals surface area contributed by atoms with E-state index in [1.54, 1.807) is 12.3 Å². The number of benzene rings is 1. The number of aryl methyl sites for hydroxylation is 1. The Bertz CT molecular complexity index is 537. The molecule has 5 heteroatoms. The smallest absolute Gasteiger partial charge is 0.112 e. The van der Waals surface area contributed by atoms with Crippen LogP contribution in [0.3, 0.4) is 0 Å². The maximum Gasteiger partial charge on any atom is 0.112 e. The zero-order chi connectivity index (χ0) is 12.4. The molecule has 0 saturated heterocycles. The number of hydrogen-bond acceptors (Lipinski definition) is 2. The Morgan fingerprint density at radius 3 is 2.71 bits per heavy atom. The van der Waals surface area contributed by atoms with Crippen molar-refractivity contribution in [3.8, 4) is 0 Å². The van der Waals surface area contributed by atoms with E-state index in [0.717, 1.165) is 11.4 Å². The van der Waals surface area contributed by atoms with Crippen LogP contribution in [0.4, 0.5) is 0 Å². The van der Waals surface area contributed by atoms with Crippen molar-refractivity contribution in [2.45, 2.75) is 13.0 Å². The van der Waals surface area contributed by atoms with E-state index in [-0.39, 0.29) is 6.61 Å². The molecule has 1 aromatic heterocycles. The van der Waals surface area contributed by atoms with Gasteiger partial charge in [-0.15, -0.1) is 0 Å². The minimum absolute atomic E-state index is 0.126. The van der Waals surface area contributed by atoms with E-state index < -0.39 is 0 Å². The summed E-state index contributed by atoms with van der Waals surface area (Å²) < 4.78 is 1.93. The quantitative estimate of drug-likeness (QED) is 0.932. The van der Waals surface area contributed by atoms with Crippen molar-refractivity contribution in [3.63, 3.8) is 0 Å². The average molecular weight is 271 g/mol. The van der Waals surface area contributed by atoms with Crippen LogP contribution in [0.2, 0.25) is 10.0 Å². The molecule has 0 amide bonds. The molecule has 1 aromatic carbocycles. The molecular formula is C12H12Cl2N2O. The van der Waals surface area contributed by atoms with Gasteiger partial charge in [-0.25, -0.2) is 4.98 Å². The molecule has 0 aliphatic heterocycles. The van der Waals surface area contributed by atoms with Gasteiger partial charge in [-0.05, 0) is 11.6 Å². The van der Waals surface area contributed by atoms with Crippen LogP contribution in [0.15, 0.2) is 24.5 Å². The molecule has 90 valence electrons. The molecule has 0 bridgehead atoms. The Kier molecular flexibility index (Phi) is 3.72. The average Bonchev–Trinajstić information content (AvgIpc) is 2.70. The van der Waals surface area contributed by atoms with Crippen LogP contribution in [0.1, 0.15) is 17.0 Å². The summed E-state index contributed by atoms with van der Waals surface area (Å²) in [5, 5.41) is 10.2. The second-order valence-electron chi connectivity index (χ2n) is 3.79. The normalized spacial score (nSPS) is 10.8. The van der Waals surface area contributed by atoms with Crippen molar-refractivity contribution >= 4 is 23.2 Å². The molecule has 2 rings (SSSR count). The summed E-state index contributed by atoms with van der Waals surface area (Å²) >= 11 is 12.0. The SMILES string of the molecule is Cn1ccnc1Cc1ccc(Cl)c(Cl)c1CO. The Labute approximate surface area is 110 Å². The van der Waals surface area contributed by atoms with E-state index in [4.69, 9.17) is 23.2 Å². The number of aliphatic hydroxyl groups excluding tert-OH is 1. The van der Waals surface area contributed by atoms with E-state index in [1.807, 2.05) is 23.9 Å². The number of aliphatic hydroxyl groups is 1. The first-order chi connectivity index (χ1) is 8.13. The third-order valence-corrected chi connectivity index (χ3v) is 3.56. The lowest BCUT2D eigenvalue weighted by atomic mass is 10.0. The van der Waals surface area contributed by atoms with Crippen LogP contribution in [-0.4, -0.2) is 14.7 Å². The van der Waals surface area contributed by atoms with Crippen LogP contribution >= 0.6 is 23.2 Å². The summed E-state index contributed by atoms with van der Waals surface area (Å²) in [5.74, 6) is 0.915. The fourth-order valence-electron chi connectivity index (χ4n) is 1.71. The predicted octanol–water partition coefficient (Wildman–Crippen LogP) is 2.81. The molecule has 1 heterocycles. The molecule has 1 N–H and O–H groups in total. The molecule has 3 nitrogen and oxygen atoms in total. The molecule has 0 unspecified atom stereocenters. The second kappa shape index (κ2) is 5.08. The van der Waals surface area contributed by atoms with Crippen molar-refractivity contribution in [2.75, 3.05) is 0 Å². The number of halogens is 2. The zero-order valence-electron chi connectivity index (χ0n) is 9.32. The van der Waals surface area contributed by atoms with E-state index in [9.17, 15) is 5.11 Å². The van der Waals surface area contributed by atoms with Gasteiger partial charge in [0.05, 0.1) is 16.7 Å². The molecule has 0 aliphatic carbocycles. The van der Waals surface area contributed by atoms with E-state index in [2.05, 4.69) is 4.98 Å². The highest BCUT2D eigenvalue weighted by atomic mass is 35.5. The summed E-state index contributed by atoms with van der Waals surface area (Å²) in [6.07, 6.45) is 4.24. The maximum atomic E-state index is 9.35. The third kappa shape index (κ3) is 2.46. The Hall–Kier alpha value is -1.03. The van der Waals surface area contributed by atoms with Gasteiger partial charge < -0.3 is 9.67 Å². The molecule has 2 aromatic rings. The first kappa shape index (κ1) is 12.4. The van der Waals surface area contributed by atoms with Crippen molar-refractivity contribution in [1.82, 2.24) is 9.55 Å². The van der Waals surface area contributed by atoms with Gasteiger partial charge in [0, 0.05) is 31.4 Å². The topological polar surface area (TPSA) is 38.0 Å². The molecule has 17 heavy (non-hydrogen) atoms. The molecule has 0 fully saturated rings. The number of aromatic nitrogens is 2. The van der Waals surface area contributed by atoms with Crippen LogP contribution in [0.25, 0.3) is 0 Å². The van der Waals surface area contributed by atoms with E-state index in [0.29, 0.717) is 22.0 Å². The van der Waals surface area contributed by atoms with Gasteiger partial charge in [0.2, 0.25) is 0 Å². The standard InChI is InChI=1S/C12H12Cl2N2O/c1-16-5-4-15-11(16)6-8-2-3-10(13)12(14)9(8)7-17/h2-5,17H,6-7H2,1H3. The van der Waals surface area contributed by atoms with Crippen molar-refractivity contribution < 1.29 is 5.11 Å². The van der Waals surface area contributed by atoms with Gasteiger partial charge in [0.15, 0.2) is 0 Å². The fraction of sp³-hybridized carbons (Fsp3) is 0.250. The fourth-order valence-corrected chi connectivity index (χ4v) is 2.13. The highest BCUT2D eigenvalue weighted by molar-refractivity contribution is 6.42. The van der Waals surface area contributed by atoms with Crippen molar-refractivity contribution in [3.05, 3.63) is 51.5 Å². The Morgan fingerprint density at radius 2 is 2.12 bits per heavy atom. The lowest BCUT2D eigenvalue weighted by Gasteiger charge is -2.10. The minimum Gasteiger partial charge on any atom is -0.392 e. The molecule has 0 radical (unpaired) electrons. The molecular weight excluding hydrogens is 259 g/mol. The highest BCUT2D eigenvalue weighted by Crippen LogP contribution is 2.29. The Morgan fingerprint density at radius 1 is 1.35 bits per heavy atom. The van der Waals surface area contributed by atoms with Crippen LogP contribution < -0.4 is 0 Å². The Balaban J connectivity index is 2.40. The lowest BCUT2D eigenvalue weighted by molar-refractivity contribution is 0.281. The number of nitrogens with zero attached hydrogens (tertiary/aromatic N) is 2. The molecule has 0 atom stereocenters. The van der Waals surface area contributed by atoms with Crippen molar-refractivity contribution in [1.29, 1.82) is 0 Å². The largest absolute Gasteiger partial charge is 0.392 e. The number of imidazole rings is 1. The van der Waals surface area contributed by atoms with Gasteiger partial charge in [-0.3, -0.25) is 0 Å². The zero-order valence-corrected chi connectivity index (χ0v) is 10.8. The molecule has 0 spiro atoms. The highest BCUT2D eigenvalue weighted by Gasteiger charge is 2.11. The second-order valence-corrected chi connectivity index (χ2v) is 4.57. The van der Waals surface area contributed by atoms with Gasteiger partial charge in [-0.1, -0.05) is 29.3 Å². The maximum absolute atomic E-state index is 9.35. The van der Waals surface area contributed by atoms with Crippen LogP contribution in [0.5, 0.6) is 0 Å². The number of rotatable bonds is 3. The third-order valence-electron chi connectivity index (χ3n) is 2.72. The van der Waals surface area contributed by atoms with E-state index in [1.165, 1.54) is 0 Å². The molecule has 0 saturated carbocycles. The minimum atomic E-state index is -0.126. The monoisotopic (exact) mass is 270 g/mol. The first-order valence-corrected chi connectivity index (χ1v) is 5.92. The summed E-state index contributed by atoms with van der Waals surface area (Å²) in [4.78, 5) is 4.24. The van der Waals surface area contributed by atoms with Crippen molar-refractivity contribution in [2.24, 2.45) is 7.05 Å². The predicted molar refractivity (Wildman–Crippen MR) is 68.4 cm³/mol. The van der Waals surface area contributed by atoms with Gasteiger partial charge in [0.25, 0.3) is 0 Å². The summed E-state index contributed by atoms with van der Waals surface area (Å²) in [5.41, 5.74) is 1.61. The lowest BCUT2D eigenvalue weighted by Crippen LogP contribution is -2.02. The van der Waals surface area contributed by atoms with Crippen LogP contribution in [0, 0.1) is 0 Å². The summed E-state index contributed by atoms with van der Waals surface area (Å²) in [6.45, 7) is -0.126. The summed E-state index contributed by atoms with van der Waals surface area (Å²) in [6, 6.07) is 3.61. The van der Waals surface area contributed by atoms with Gasteiger partial charge in [0.1, 0.15) is 5.82 Å². The van der Waals surface area contributed by atoms with Crippen LogP contribution in [-0.2, 0) is 20.1 Å². The molecule has 0 aliphatic rings. The first-order valence-electron chi connectivity index (χ1n) is 5.16. The van der Waals surface area contributed by atoms with Gasteiger partial charge in [-0.2, -0.15) is 0 Å². The number of hydrogen-bond donors (Lipinski definition) is 1. The summed E-state index contributed by atoms with van der Waals surface area (Å²) in [7, 11) is 1.93. The van der Waals surface area contributed by atoms with Gasteiger partial charge >= 0.3 is 0 Å². The van der Waals surface area contributed by atoms with E-state index >= 15 is 0 Å².